The van der Waals surface area contributed by atoms with Crippen LogP contribution < -0.4 is 10.1 Å². The molecule has 144 valence electrons. The summed E-state index contributed by atoms with van der Waals surface area (Å²) in [6.45, 7) is 2.03. The summed E-state index contributed by atoms with van der Waals surface area (Å²) < 4.78 is 6.00. The van der Waals surface area contributed by atoms with Gasteiger partial charge in [-0.25, -0.2) is 0 Å². The predicted octanol–water partition coefficient (Wildman–Crippen LogP) is 7.18. The van der Waals surface area contributed by atoms with E-state index in [1.54, 1.807) is 30.3 Å². The fraction of sp³-hybridized carbons (Fsp3) is 0.136. The Balaban J connectivity index is 1.81. The molecule has 0 bridgehead atoms. The highest BCUT2D eigenvalue weighted by Crippen LogP contribution is 2.37. The first-order valence-corrected chi connectivity index (χ1v) is 9.89. The number of aryl methyl sites for hydroxylation is 1. The largest absolute Gasteiger partial charge is 0.454 e. The Labute approximate surface area is 179 Å². The fourth-order valence-electron chi connectivity index (χ4n) is 2.73. The maximum Gasteiger partial charge on any atom is 0.228 e. The van der Waals surface area contributed by atoms with Crippen molar-refractivity contribution in [1.29, 1.82) is 0 Å². The van der Waals surface area contributed by atoms with E-state index in [0.29, 0.717) is 32.3 Å². The molecule has 1 amide bonds. The third-order valence-electron chi connectivity index (χ3n) is 4.16. The summed E-state index contributed by atoms with van der Waals surface area (Å²) in [7, 11) is 0. The number of rotatable bonds is 6. The van der Waals surface area contributed by atoms with Crippen LogP contribution in [-0.4, -0.2) is 5.91 Å². The van der Waals surface area contributed by atoms with Gasteiger partial charge in [-0.05, 0) is 47.9 Å². The summed E-state index contributed by atoms with van der Waals surface area (Å²) in [5.41, 5.74) is 2.38. The number of amides is 1. The van der Waals surface area contributed by atoms with Crippen LogP contribution in [0.1, 0.15) is 18.1 Å². The van der Waals surface area contributed by atoms with Gasteiger partial charge in [0.2, 0.25) is 5.91 Å². The Morgan fingerprint density at radius 3 is 2.29 bits per heavy atom. The van der Waals surface area contributed by atoms with Crippen LogP contribution in [-0.2, 0) is 17.6 Å². The van der Waals surface area contributed by atoms with Crippen molar-refractivity contribution in [3.05, 3.63) is 86.9 Å². The summed E-state index contributed by atoms with van der Waals surface area (Å²) in [6.07, 6.45) is 0.950. The van der Waals surface area contributed by atoms with Gasteiger partial charge in [-0.15, -0.1) is 0 Å². The Bertz CT molecular complexity index is 985. The molecule has 28 heavy (non-hydrogen) atoms. The monoisotopic (exact) mass is 433 g/mol. The maximum atomic E-state index is 12.4. The van der Waals surface area contributed by atoms with Crippen molar-refractivity contribution in [2.45, 2.75) is 19.8 Å². The summed E-state index contributed by atoms with van der Waals surface area (Å²) >= 11 is 18.5. The SMILES string of the molecule is CCc1ccc(CC(=O)Nc2ccccc2Cl)cc1Oc1c(Cl)cccc1Cl. The first kappa shape index (κ1) is 20.5. The van der Waals surface area contributed by atoms with Crippen LogP contribution in [0.2, 0.25) is 15.1 Å². The molecule has 0 aromatic heterocycles. The van der Waals surface area contributed by atoms with Gasteiger partial charge in [0.25, 0.3) is 0 Å². The van der Waals surface area contributed by atoms with Gasteiger partial charge in [-0.2, -0.15) is 0 Å². The van der Waals surface area contributed by atoms with Gasteiger partial charge in [0, 0.05) is 0 Å². The Hall–Kier alpha value is -2.20. The normalized spacial score (nSPS) is 10.6. The molecule has 3 aromatic carbocycles. The molecule has 0 heterocycles. The standard InChI is InChI=1S/C22H18Cl3NO2/c1-2-15-11-10-14(13-21(27)26-19-9-4-3-6-16(19)23)12-20(15)28-22-17(24)7-5-8-18(22)25/h3-12H,2,13H2,1H3,(H,26,27). The van der Waals surface area contributed by atoms with Crippen molar-refractivity contribution < 1.29 is 9.53 Å². The van der Waals surface area contributed by atoms with E-state index in [4.69, 9.17) is 39.5 Å². The Kier molecular flexibility index (Phi) is 6.84. The molecule has 0 atom stereocenters. The average Bonchev–Trinajstić information content (AvgIpc) is 2.67. The van der Waals surface area contributed by atoms with Gasteiger partial charge in [-0.1, -0.05) is 72.1 Å². The highest BCUT2D eigenvalue weighted by atomic mass is 35.5. The number of benzene rings is 3. The molecule has 3 aromatic rings. The van der Waals surface area contributed by atoms with Crippen LogP contribution in [0.4, 0.5) is 5.69 Å². The van der Waals surface area contributed by atoms with Crippen molar-refractivity contribution in [3.8, 4) is 11.5 Å². The van der Waals surface area contributed by atoms with Crippen LogP contribution in [0.5, 0.6) is 11.5 Å². The lowest BCUT2D eigenvalue weighted by molar-refractivity contribution is -0.115. The van der Waals surface area contributed by atoms with Crippen LogP contribution in [0.15, 0.2) is 60.7 Å². The van der Waals surface area contributed by atoms with Crippen molar-refractivity contribution in [3.63, 3.8) is 0 Å². The number of hydrogen-bond acceptors (Lipinski definition) is 2. The second-order valence-electron chi connectivity index (χ2n) is 6.15. The quantitative estimate of drug-likeness (QED) is 0.446. The van der Waals surface area contributed by atoms with E-state index in [1.165, 1.54) is 0 Å². The van der Waals surface area contributed by atoms with Crippen molar-refractivity contribution in [2.24, 2.45) is 0 Å². The zero-order valence-corrected chi connectivity index (χ0v) is 17.4. The third kappa shape index (κ3) is 4.99. The molecule has 0 aliphatic rings. The summed E-state index contributed by atoms with van der Waals surface area (Å²) in [4.78, 5) is 12.4. The van der Waals surface area contributed by atoms with E-state index in [9.17, 15) is 4.79 Å². The summed E-state index contributed by atoms with van der Waals surface area (Å²) in [6, 6.07) is 18.0. The first-order chi connectivity index (χ1) is 13.5. The molecule has 1 N–H and O–H groups in total. The highest BCUT2D eigenvalue weighted by molar-refractivity contribution is 6.37. The number of hydrogen-bond donors (Lipinski definition) is 1. The minimum absolute atomic E-state index is 0.168. The predicted molar refractivity (Wildman–Crippen MR) is 116 cm³/mol. The lowest BCUT2D eigenvalue weighted by Gasteiger charge is -2.14. The van der Waals surface area contributed by atoms with Crippen molar-refractivity contribution >= 4 is 46.4 Å². The molecule has 6 heteroatoms. The zero-order valence-electron chi connectivity index (χ0n) is 15.1. The molecule has 0 saturated carbocycles. The van der Waals surface area contributed by atoms with Gasteiger partial charge in [0.15, 0.2) is 5.75 Å². The van der Waals surface area contributed by atoms with Crippen molar-refractivity contribution in [2.75, 3.05) is 5.32 Å². The third-order valence-corrected chi connectivity index (χ3v) is 5.08. The van der Waals surface area contributed by atoms with Gasteiger partial charge < -0.3 is 10.1 Å². The zero-order chi connectivity index (χ0) is 20.1. The highest BCUT2D eigenvalue weighted by Gasteiger charge is 2.13. The van der Waals surface area contributed by atoms with E-state index < -0.39 is 0 Å². The molecular formula is C22H18Cl3NO2. The molecule has 0 spiro atoms. The minimum atomic E-state index is -0.168. The molecule has 3 nitrogen and oxygen atoms in total. The lowest BCUT2D eigenvalue weighted by Crippen LogP contribution is -2.14. The van der Waals surface area contributed by atoms with Gasteiger partial charge >= 0.3 is 0 Å². The molecule has 0 aliphatic heterocycles. The van der Waals surface area contributed by atoms with Crippen LogP contribution in [0.3, 0.4) is 0 Å². The Morgan fingerprint density at radius 1 is 0.929 bits per heavy atom. The second kappa shape index (κ2) is 9.33. The summed E-state index contributed by atoms with van der Waals surface area (Å²) in [5.74, 6) is 0.859. The molecule has 3 rings (SSSR count). The van der Waals surface area contributed by atoms with Crippen LogP contribution in [0, 0.1) is 0 Å². The molecule has 0 radical (unpaired) electrons. The number of carbonyl (C=O) groups excluding carboxylic acids is 1. The number of para-hydroxylation sites is 2. The lowest BCUT2D eigenvalue weighted by atomic mass is 10.1. The van der Waals surface area contributed by atoms with Gasteiger partial charge in [-0.3, -0.25) is 4.79 Å². The maximum absolute atomic E-state index is 12.4. The minimum Gasteiger partial charge on any atom is -0.454 e. The van der Waals surface area contributed by atoms with E-state index in [1.807, 2.05) is 37.3 Å². The average molecular weight is 435 g/mol. The first-order valence-electron chi connectivity index (χ1n) is 8.76. The number of ether oxygens (including phenoxy) is 1. The van der Waals surface area contributed by atoms with Gasteiger partial charge in [0.1, 0.15) is 5.75 Å². The van der Waals surface area contributed by atoms with E-state index in [0.717, 1.165) is 17.5 Å². The summed E-state index contributed by atoms with van der Waals surface area (Å²) in [5, 5.41) is 4.17. The fourth-order valence-corrected chi connectivity index (χ4v) is 3.39. The van der Waals surface area contributed by atoms with Crippen LogP contribution >= 0.6 is 34.8 Å². The second-order valence-corrected chi connectivity index (χ2v) is 7.37. The number of carbonyl (C=O) groups is 1. The van der Waals surface area contributed by atoms with Gasteiger partial charge in [0.05, 0.1) is 27.2 Å². The molecule has 0 saturated heterocycles. The number of nitrogens with one attached hydrogen (secondary N) is 1. The number of halogens is 3. The van der Waals surface area contributed by atoms with E-state index in [2.05, 4.69) is 5.32 Å². The molecule has 0 aliphatic carbocycles. The van der Waals surface area contributed by atoms with E-state index >= 15 is 0 Å². The number of anilines is 1. The molecular weight excluding hydrogens is 417 g/mol. The van der Waals surface area contributed by atoms with Crippen LogP contribution in [0.25, 0.3) is 0 Å². The van der Waals surface area contributed by atoms with E-state index in [-0.39, 0.29) is 12.3 Å². The molecule has 0 fully saturated rings. The molecule has 0 unspecified atom stereocenters. The topological polar surface area (TPSA) is 38.3 Å². The van der Waals surface area contributed by atoms with Crippen molar-refractivity contribution in [1.82, 2.24) is 0 Å². The Morgan fingerprint density at radius 2 is 1.61 bits per heavy atom. The smallest absolute Gasteiger partial charge is 0.228 e.